The van der Waals surface area contributed by atoms with Crippen LogP contribution >= 0.6 is 0 Å². The number of hydrogen-bond donors (Lipinski definition) is 2. The summed E-state index contributed by atoms with van der Waals surface area (Å²) >= 11 is 0. The Hall–Kier alpha value is -2.30. The van der Waals surface area contributed by atoms with Crippen molar-refractivity contribution >= 4 is 11.6 Å². The van der Waals surface area contributed by atoms with E-state index in [1.165, 1.54) is 10.7 Å². The zero-order chi connectivity index (χ0) is 23.7. The van der Waals surface area contributed by atoms with Crippen LogP contribution in [-0.2, 0) is 4.79 Å². The Balaban J connectivity index is 1.74. The molecule has 0 unspecified atom stereocenters. The number of nitrogens with two attached hydrogens (primary N) is 1. The summed E-state index contributed by atoms with van der Waals surface area (Å²) in [7, 11) is 0. The average molecular weight is 461 g/mol. The first-order valence-corrected chi connectivity index (χ1v) is 10.7. The molecule has 1 amide bonds. The van der Waals surface area contributed by atoms with Gasteiger partial charge in [-0.3, -0.25) is 4.79 Å². The molecule has 0 radical (unpaired) electrons. The number of halogens is 5. The van der Waals surface area contributed by atoms with Crippen molar-refractivity contribution in [2.75, 3.05) is 0 Å². The van der Waals surface area contributed by atoms with Crippen LogP contribution in [0.5, 0.6) is 0 Å². The zero-order valence-corrected chi connectivity index (χ0v) is 18.0. The van der Waals surface area contributed by atoms with E-state index in [-0.39, 0.29) is 24.7 Å². The fourth-order valence-electron chi connectivity index (χ4n) is 4.04. The Kier molecular flexibility index (Phi) is 7.06. The molecule has 3 N–H and O–H groups in total. The van der Waals surface area contributed by atoms with Gasteiger partial charge in [0.25, 0.3) is 0 Å². The number of fused-ring (bicyclic) bond motifs is 1. The van der Waals surface area contributed by atoms with Gasteiger partial charge in [0, 0.05) is 19.3 Å². The molecule has 0 saturated heterocycles. The lowest BCUT2D eigenvalue weighted by Crippen LogP contribution is -2.32. The van der Waals surface area contributed by atoms with E-state index in [2.05, 4.69) is 15.4 Å². The van der Waals surface area contributed by atoms with Crippen LogP contribution in [0.1, 0.15) is 75.7 Å². The molecule has 1 aliphatic rings. The number of nitrogens with one attached hydrogen (secondary N) is 1. The normalized spacial score (nSPS) is 19.3. The summed E-state index contributed by atoms with van der Waals surface area (Å²) in [6, 6.07) is 0.661. The fraction of sp³-hybridized carbons (Fsp3) is 0.667. The molecule has 0 aliphatic heterocycles. The third-order valence-electron chi connectivity index (χ3n) is 5.95. The number of rotatable bonds is 7. The highest BCUT2D eigenvalue weighted by Crippen LogP contribution is 2.40. The van der Waals surface area contributed by atoms with Crippen molar-refractivity contribution in [1.82, 2.24) is 19.9 Å². The summed E-state index contributed by atoms with van der Waals surface area (Å²) in [6.07, 6.45) is -2.79. The molecule has 3 rings (SSSR count). The maximum atomic E-state index is 13.4. The molecular formula is C21H28F5N5O. The van der Waals surface area contributed by atoms with Crippen molar-refractivity contribution in [3.8, 4) is 0 Å². The third kappa shape index (κ3) is 6.14. The molecule has 2 atom stereocenters. The van der Waals surface area contributed by atoms with E-state index in [4.69, 9.17) is 5.73 Å². The molecule has 32 heavy (non-hydrogen) atoms. The molecule has 1 aliphatic carbocycles. The van der Waals surface area contributed by atoms with Gasteiger partial charge in [0.05, 0.1) is 36.6 Å². The summed E-state index contributed by atoms with van der Waals surface area (Å²) in [5, 5.41) is 6.94. The number of nitrogens with zero attached hydrogens (tertiary/aromatic N) is 3. The molecular weight excluding hydrogens is 433 g/mol. The monoisotopic (exact) mass is 461 g/mol. The van der Waals surface area contributed by atoms with Gasteiger partial charge in [-0.05, 0) is 36.3 Å². The minimum absolute atomic E-state index is 0.102. The van der Waals surface area contributed by atoms with E-state index in [9.17, 15) is 26.7 Å². The summed E-state index contributed by atoms with van der Waals surface area (Å²) in [6.45, 7) is 3.68. The molecule has 0 bridgehead atoms. The number of aromatic nitrogens is 3. The van der Waals surface area contributed by atoms with Crippen molar-refractivity contribution in [1.29, 1.82) is 0 Å². The van der Waals surface area contributed by atoms with Crippen molar-refractivity contribution in [3.05, 3.63) is 29.7 Å². The van der Waals surface area contributed by atoms with Gasteiger partial charge < -0.3 is 11.1 Å². The number of amides is 1. The molecule has 1 saturated carbocycles. The van der Waals surface area contributed by atoms with Crippen molar-refractivity contribution in [2.45, 2.75) is 76.6 Å². The quantitative estimate of drug-likeness (QED) is 0.585. The standard InChI is InChI=1S/C21H28F5N5O/c1-12(2)19(30-17(32)5-8-21(24,25)26)14-9-16-29-15(11-31(16)28-10-14)18(27)13-3-6-20(22,23)7-4-13/h9-13,18-19H,3-8,27H2,1-2H3,(H,30,32)/t18-,19-/m0/s1. The lowest BCUT2D eigenvalue weighted by atomic mass is 9.81. The highest BCUT2D eigenvalue weighted by molar-refractivity contribution is 5.76. The minimum Gasteiger partial charge on any atom is -0.349 e. The molecule has 0 aromatic carbocycles. The maximum Gasteiger partial charge on any atom is 0.389 e. The van der Waals surface area contributed by atoms with E-state index >= 15 is 0 Å². The third-order valence-corrected chi connectivity index (χ3v) is 5.95. The highest BCUT2D eigenvalue weighted by atomic mass is 19.4. The van der Waals surface area contributed by atoms with Gasteiger partial charge in [-0.2, -0.15) is 18.3 Å². The first-order valence-electron chi connectivity index (χ1n) is 10.7. The van der Waals surface area contributed by atoms with Crippen LogP contribution in [0.2, 0.25) is 0 Å². The second-order valence-corrected chi connectivity index (χ2v) is 8.88. The lowest BCUT2D eigenvalue weighted by molar-refractivity contribution is -0.144. The van der Waals surface area contributed by atoms with Crippen LogP contribution in [-0.4, -0.2) is 32.6 Å². The first kappa shape index (κ1) is 24.3. The largest absolute Gasteiger partial charge is 0.389 e. The number of carbonyl (C=O) groups is 1. The Bertz CT molecular complexity index is 932. The van der Waals surface area contributed by atoms with Crippen LogP contribution in [0.4, 0.5) is 22.0 Å². The van der Waals surface area contributed by atoms with Gasteiger partial charge in [-0.15, -0.1) is 0 Å². The SMILES string of the molecule is CC(C)[C@H](NC(=O)CCC(F)(F)F)c1cnn2cc([C@@H](N)C3CCC(F)(F)CC3)nc2c1. The Morgan fingerprint density at radius 2 is 1.97 bits per heavy atom. The smallest absolute Gasteiger partial charge is 0.349 e. The second-order valence-electron chi connectivity index (χ2n) is 8.88. The van der Waals surface area contributed by atoms with Crippen LogP contribution in [0.15, 0.2) is 18.5 Å². The Morgan fingerprint density at radius 3 is 2.56 bits per heavy atom. The maximum absolute atomic E-state index is 13.4. The second kappa shape index (κ2) is 9.29. The molecule has 1 fully saturated rings. The molecule has 2 aromatic rings. The predicted molar refractivity (Wildman–Crippen MR) is 108 cm³/mol. The molecule has 2 heterocycles. The number of carbonyl (C=O) groups excluding carboxylic acids is 1. The molecule has 6 nitrogen and oxygen atoms in total. The van der Waals surface area contributed by atoms with E-state index in [1.54, 1.807) is 12.3 Å². The molecule has 178 valence electrons. The Labute approximate surface area is 182 Å². The first-order chi connectivity index (χ1) is 14.8. The van der Waals surface area contributed by atoms with Crippen LogP contribution < -0.4 is 11.1 Å². The van der Waals surface area contributed by atoms with Crippen molar-refractivity contribution < 1.29 is 26.7 Å². The van der Waals surface area contributed by atoms with Crippen molar-refractivity contribution in [2.24, 2.45) is 17.6 Å². The number of alkyl halides is 5. The van der Waals surface area contributed by atoms with Gasteiger partial charge in [0.2, 0.25) is 11.8 Å². The van der Waals surface area contributed by atoms with Crippen LogP contribution in [0.3, 0.4) is 0 Å². The highest BCUT2D eigenvalue weighted by Gasteiger charge is 2.37. The molecule has 0 spiro atoms. The van der Waals surface area contributed by atoms with E-state index in [0.717, 1.165) is 0 Å². The summed E-state index contributed by atoms with van der Waals surface area (Å²) in [5.41, 5.74) is 7.92. The zero-order valence-electron chi connectivity index (χ0n) is 18.0. The predicted octanol–water partition coefficient (Wildman–Crippen LogP) is 4.71. The average Bonchev–Trinajstić information content (AvgIpc) is 3.12. The van der Waals surface area contributed by atoms with Gasteiger partial charge >= 0.3 is 6.18 Å². The lowest BCUT2D eigenvalue weighted by Gasteiger charge is -2.31. The summed E-state index contributed by atoms with van der Waals surface area (Å²) in [4.78, 5) is 16.5. The van der Waals surface area contributed by atoms with Gasteiger partial charge in [-0.1, -0.05) is 13.8 Å². The van der Waals surface area contributed by atoms with E-state index < -0.39 is 42.9 Å². The van der Waals surface area contributed by atoms with Crippen LogP contribution in [0, 0.1) is 11.8 Å². The van der Waals surface area contributed by atoms with Crippen molar-refractivity contribution in [3.63, 3.8) is 0 Å². The van der Waals surface area contributed by atoms with Gasteiger partial charge in [0.1, 0.15) is 0 Å². The Morgan fingerprint density at radius 1 is 1.31 bits per heavy atom. The topological polar surface area (TPSA) is 85.3 Å². The number of hydrogen-bond acceptors (Lipinski definition) is 4. The van der Waals surface area contributed by atoms with Crippen LogP contribution in [0.25, 0.3) is 5.65 Å². The number of imidazole rings is 1. The van der Waals surface area contributed by atoms with Gasteiger partial charge in [-0.25, -0.2) is 18.3 Å². The van der Waals surface area contributed by atoms with Gasteiger partial charge in [0.15, 0.2) is 5.65 Å². The van der Waals surface area contributed by atoms with E-state index in [0.29, 0.717) is 29.7 Å². The molecule has 2 aromatic heterocycles. The van der Waals surface area contributed by atoms with E-state index in [1.807, 2.05) is 13.8 Å². The summed E-state index contributed by atoms with van der Waals surface area (Å²) in [5.74, 6) is -3.53. The fourth-order valence-corrected chi connectivity index (χ4v) is 4.04. The molecule has 11 heteroatoms. The minimum atomic E-state index is -4.40. The summed E-state index contributed by atoms with van der Waals surface area (Å²) < 4.78 is 65.6.